The molecule has 0 aliphatic carbocycles. The molecule has 2 rings (SSSR count). The molecule has 0 spiro atoms. The maximum atomic E-state index is 13.4. The van der Waals surface area contributed by atoms with Gasteiger partial charge in [0.2, 0.25) is 5.88 Å². The van der Waals surface area contributed by atoms with Gasteiger partial charge in [-0.25, -0.2) is 9.07 Å². The molecule has 0 atom stereocenters. The molecular weight excluding hydrogens is 249 g/mol. The van der Waals surface area contributed by atoms with E-state index in [1.54, 1.807) is 20.0 Å². The van der Waals surface area contributed by atoms with Gasteiger partial charge in [-0.2, -0.15) is 10.4 Å². The Bertz CT molecular complexity index is 686. The van der Waals surface area contributed by atoms with Gasteiger partial charge in [0.25, 0.3) is 0 Å². The highest BCUT2D eigenvalue weighted by Gasteiger charge is 2.17. The van der Waals surface area contributed by atoms with Crippen LogP contribution in [0.2, 0.25) is 0 Å². The van der Waals surface area contributed by atoms with Crippen LogP contribution in [0.1, 0.15) is 21.6 Å². The molecule has 0 aliphatic heterocycles. The lowest BCUT2D eigenvalue weighted by Gasteiger charge is -2.08. The van der Waals surface area contributed by atoms with E-state index in [-0.39, 0.29) is 22.8 Å². The molecule has 0 amide bonds. The molecule has 0 saturated heterocycles. The first kappa shape index (κ1) is 12.8. The zero-order valence-electron chi connectivity index (χ0n) is 10.3. The molecule has 0 unspecified atom stereocenters. The van der Waals surface area contributed by atoms with Crippen molar-refractivity contribution in [2.75, 3.05) is 0 Å². The summed E-state index contributed by atoms with van der Waals surface area (Å²) in [6.07, 6.45) is 0.614. The van der Waals surface area contributed by atoms with Crippen LogP contribution in [0.5, 0.6) is 11.6 Å². The second-order valence-electron chi connectivity index (χ2n) is 3.87. The number of rotatable bonds is 3. The molecule has 0 fully saturated rings. The largest absolute Gasteiger partial charge is 0.437 e. The number of aldehydes is 1. The first-order chi connectivity index (χ1) is 9.08. The Morgan fingerprint density at radius 1 is 1.53 bits per heavy atom. The van der Waals surface area contributed by atoms with Gasteiger partial charge in [-0.1, -0.05) is 6.07 Å². The maximum absolute atomic E-state index is 13.4. The van der Waals surface area contributed by atoms with E-state index < -0.39 is 5.82 Å². The summed E-state index contributed by atoms with van der Waals surface area (Å²) in [4.78, 5) is 11.0. The second kappa shape index (κ2) is 4.90. The predicted octanol–water partition coefficient (Wildman–Crippen LogP) is 2.34. The van der Waals surface area contributed by atoms with Gasteiger partial charge in [-0.3, -0.25) is 4.79 Å². The summed E-state index contributed by atoms with van der Waals surface area (Å²) < 4.78 is 20.3. The molecule has 1 heterocycles. The molecule has 1 aromatic carbocycles. The van der Waals surface area contributed by atoms with Crippen molar-refractivity contribution in [3.63, 3.8) is 0 Å². The molecule has 1 aromatic heterocycles. The lowest BCUT2D eigenvalue weighted by Crippen LogP contribution is -1.99. The van der Waals surface area contributed by atoms with Crippen molar-refractivity contribution < 1.29 is 13.9 Å². The van der Waals surface area contributed by atoms with Crippen LogP contribution in [-0.4, -0.2) is 16.1 Å². The summed E-state index contributed by atoms with van der Waals surface area (Å²) in [5.41, 5.74) is 0.566. The van der Waals surface area contributed by atoms with Gasteiger partial charge in [0.1, 0.15) is 23.2 Å². The third-order valence-corrected chi connectivity index (χ3v) is 2.63. The zero-order valence-corrected chi connectivity index (χ0v) is 10.3. The average Bonchev–Trinajstić information content (AvgIpc) is 2.64. The topological polar surface area (TPSA) is 67.9 Å². The summed E-state index contributed by atoms with van der Waals surface area (Å²) in [5, 5.41) is 13.0. The van der Waals surface area contributed by atoms with Crippen LogP contribution in [0, 0.1) is 24.1 Å². The van der Waals surface area contributed by atoms with E-state index in [4.69, 9.17) is 10.00 Å². The van der Waals surface area contributed by atoms with Crippen molar-refractivity contribution in [3.8, 4) is 17.7 Å². The SMILES string of the molecule is Cc1nn(C)c(Oc2cccc(F)c2C#N)c1C=O. The molecular formula is C13H10FN3O2. The van der Waals surface area contributed by atoms with Crippen molar-refractivity contribution in [1.82, 2.24) is 9.78 Å². The fraction of sp³-hybridized carbons (Fsp3) is 0.154. The first-order valence-electron chi connectivity index (χ1n) is 5.43. The minimum Gasteiger partial charge on any atom is -0.437 e. The number of nitrogens with zero attached hydrogens (tertiary/aromatic N) is 3. The third kappa shape index (κ3) is 2.18. The van der Waals surface area contributed by atoms with E-state index in [1.807, 2.05) is 0 Å². The Hall–Kier alpha value is -2.68. The molecule has 2 aromatic rings. The van der Waals surface area contributed by atoms with Gasteiger partial charge < -0.3 is 4.74 Å². The third-order valence-electron chi connectivity index (χ3n) is 2.63. The van der Waals surface area contributed by atoms with Gasteiger partial charge in [0, 0.05) is 7.05 Å². The summed E-state index contributed by atoms with van der Waals surface area (Å²) in [6, 6.07) is 5.78. The zero-order chi connectivity index (χ0) is 14.0. The Kier molecular flexibility index (Phi) is 3.29. The maximum Gasteiger partial charge on any atom is 0.228 e. The summed E-state index contributed by atoms with van der Waals surface area (Å²) in [7, 11) is 1.60. The van der Waals surface area contributed by atoms with Crippen LogP contribution in [0.3, 0.4) is 0 Å². The van der Waals surface area contributed by atoms with E-state index >= 15 is 0 Å². The minimum absolute atomic E-state index is 0.0496. The molecule has 0 N–H and O–H groups in total. The first-order valence-corrected chi connectivity index (χ1v) is 5.43. The summed E-state index contributed by atoms with van der Waals surface area (Å²) in [6.45, 7) is 1.66. The van der Waals surface area contributed by atoms with Gasteiger partial charge in [0.05, 0.1) is 11.3 Å². The lowest BCUT2D eigenvalue weighted by atomic mass is 10.2. The number of benzene rings is 1. The number of halogens is 1. The minimum atomic E-state index is -0.674. The highest BCUT2D eigenvalue weighted by Crippen LogP contribution is 2.29. The number of aromatic nitrogens is 2. The Morgan fingerprint density at radius 3 is 2.89 bits per heavy atom. The molecule has 0 radical (unpaired) electrons. The number of hydrogen-bond donors (Lipinski definition) is 0. The van der Waals surface area contributed by atoms with Crippen molar-refractivity contribution in [1.29, 1.82) is 5.26 Å². The van der Waals surface area contributed by atoms with E-state index in [2.05, 4.69) is 5.10 Å². The van der Waals surface area contributed by atoms with Crippen LogP contribution in [0.15, 0.2) is 18.2 Å². The fourth-order valence-corrected chi connectivity index (χ4v) is 1.71. The van der Waals surface area contributed by atoms with E-state index in [0.29, 0.717) is 12.0 Å². The number of carbonyl (C=O) groups is 1. The van der Waals surface area contributed by atoms with Crippen LogP contribution in [-0.2, 0) is 7.05 Å². The highest BCUT2D eigenvalue weighted by molar-refractivity contribution is 5.80. The Balaban J connectivity index is 2.51. The molecule has 6 heteroatoms. The summed E-state index contributed by atoms with van der Waals surface area (Å²) in [5.74, 6) is -0.449. The molecule has 0 saturated carbocycles. The number of carbonyl (C=O) groups excluding carboxylic acids is 1. The van der Waals surface area contributed by atoms with Crippen LogP contribution < -0.4 is 4.74 Å². The van der Waals surface area contributed by atoms with Crippen LogP contribution in [0.25, 0.3) is 0 Å². The normalized spacial score (nSPS) is 10.0. The predicted molar refractivity (Wildman–Crippen MR) is 64.5 cm³/mol. The van der Waals surface area contributed by atoms with Gasteiger partial charge in [0.15, 0.2) is 6.29 Å². The number of nitriles is 1. The fourth-order valence-electron chi connectivity index (χ4n) is 1.71. The van der Waals surface area contributed by atoms with E-state index in [0.717, 1.165) is 0 Å². The molecule has 0 bridgehead atoms. The van der Waals surface area contributed by atoms with Crippen molar-refractivity contribution >= 4 is 6.29 Å². The smallest absolute Gasteiger partial charge is 0.228 e. The number of ether oxygens (including phenoxy) is 1. The van der Waals surface area contributed by atoms with Crippen molar-refractivity contribution in [2.45, 2.75) is 6.92 Å². The number of hydrogen-bond acceptors (Lipinski definition) is 4. The Morgan fingerprint density at radius 2 is 2.26 bits per heavy atom. The lowest BCUT2D eigenvalue weighted by molar-refractivity contribution is 0.112. The van der Waals surface area contributed by atoms with Gasteiger partial charge >= 0.3 is 0 Å². The standard InChI is InChI=1S/C13H10FN3O2/c1-8-10(7-18)13(17(2)16-8)19-12-5-3-4-11(14)9(12)6-15/h3-5,7H,1-2H3. The number of aryl methyl sites for hydroxylation is 2. The van der Waals surface area contributed by atoms with Gasteiger partial charge in [-0.15, -0.1) is 0 Å². The highest BCUT2D eigenvalue weighted by atomic mass is 19.1. The van der Waals surface area contributed by atoms with Crippen molar-refractivity contribution in [2.24, 2.45) is 7.05 Å². The Labute approximate surface area is 108 Å². The molecule has 96 valence electrons. The summed E-state index contributed by atoms with van der Waals surface area (Å²) >= 11 is 0. The monoisotopic (exact) mass is 259 g/mol. The average molecular weight is 259 g/mol. The van der Waals surface area contributed by atoms with Crippen LogP contribution >= 0.6 is 0 Å². The van der Waals surface area contributed by atoms with Gasteiger partial charge in [-0.05, 0) is 19.1 Å². The molecule has 19 heavy (non-hydrogen) atoms. The van der Waals surface area contributed by atoms with Crippen molar-refractivity contribution in [3.05, 3.63) is 40.8 Å². The van der Waals surface area contributed by atoms with E-state index in [9.17, 15) is 9.18 Å². The molecule has 5 nitrogen and oxygen atoms in total. The molecule has 0 aliphatic rings. The quantitative estimate of drug-likeness (QED) is 0.793. The second-order valence-corrected chi connectivity index (χ2v) is 3.87. The van der Waals surface area contributed by atoms with Crippen LogP contribution in [0.4, 0.5) is 4.39 Å². The van der Waals surface area contributed by atoms with E-state index in [1.165, 1.54) is 22.9 Å².